The van der Waals surface area contributed by atoms with E-state index in [9.17, 15) is 24.6 Å². The van der Waals surface area contributed by atoms with Crippen LogP contribution in [0.1, 0.15) is 55.1 Å². The van der Waals surface area contributed by atoms with Crippen LogP contribution in [-0.2, 0) is 14.4 Å². The standard InChI is InChI=1S/C49H43Cl2N5O7/c1-56(43(57)24-29-8-10-30(11-9-29)31-12-18-34(19-13-31)41-27-52-48(62-41)54-39-6-2-4-37(50)25-39)45(47(60)61)44(46(58)59)36-22-16-33(17-23-36)32-14-20-35(21-15-32)42-28-53-49(63-42)55-40-7-3-5-38(51)26-40/h2-7,12-23,25-30,44-45H,8-11,24H2,1H3,(H,52,54)(H,53,55)(H,58,59)(H,60,61). The molecule has 0 saturated heterocycles. The molecule has 0 radical (unpaired) electrons. The lowest BCUT2D eigenvalue weighted by molar-refractivity contribution is -0.155. The molecule has 12 nitrogen and oxygen atoms in total. The molecule has 14 heteroatoms. The first kappa shape index (κ1) is 42.8. The lowest BCUT2D eigenvalue weighted by Crippen LogP contribution is -2.48. The molecule has 0 bridgehead atoms. The van der Waals surface area contributed by atoms with Crippen LogP contribution in [0.2, 0.25) is 10.0 Å². The maximum absolute atomic E-state index is 13.6. The second-order valence-corrected chi connectivity index (χ2v) is 16.5. The molecule has 1 aliphatic rings. The minimum atomic E-state index is -1.61. The largest absolute Gasteiger partial charge is 0.481 e. The molecule has 320 valence electrons. The van der Waals surface area contributed by atoms with E-state index >= 15 is 0 Å². The molecule has 1 amide bonds. The van der Waals surface area contributed by atoms with Crippen molar-refractivity contribution in [3.05, 3.63) is 155 Å². The quantitative estimate of drug-likeness (QED) is 0.0772. The number of benzene rings is 5. The van der Waals surface area contributed by atoms with Crippen molar-refractivity contribution in [2.24, 2.45) is 5.92 Å². The Labute approximate surface area is 373 Å². The first-order valence-electron chi connectivity index (χ1n) is 20.5. The van der Waals surface area contributed by atoms with E-state index in [0.29, 0.717) is 39.5 Å². The van der Waals surface area contributed by atoms with Gasteiger partial charge in [0.05, 0.1) is 12.4 Å². The van der Waals surface area contributed by atoms with Gasteiger partial charge in [-0.15, -0.1) is 0 Å². The lowest BCUT2D eigenvalue weighted by Gasteiger charge is -2.33. The summed E-state index contributed by atoms with van der Waals surface area (Å²) in [7, 11) is 1.38. The summed E-state index contributed by atoms with van der Waals surface area (Å²) in [5, 5.41) is 28.1. The van der Waals surface area contributed by atoms with Crippen LogP contribution in [0.4, 0.5) is 23.4 Å². The molecule has 2 unspecified atom stereocenters. The number of carbonyl (C=O) groups excluding carboxylic acids is 1. The van der Waals surface area contributed by atoms with Gasteiger partial charge in [-0.1, -0.05) is 108 Å². The van der Waals surface area contributed by atoms with Crippen molar-refractivity contribution in [2.45, 2.75) is 50.0 Å². The van der Waals surface area contributed by atoms with Crippen LogP contribution < -0.4 is 10.6 Å². The number of aliphatic carboxylic acids is 2. The molecular weight excluding hydrogens is 841 g/mol. The van der Waals surface area contributed by atoms with Gasteiger partial charge in [-0.25, -0.2) is 14.8 Å². The minimum Gasteiger partial charge on any atom is -0.481 e. The van der Waals surface area contributed by atoms with Crippen molar-refractivity contribution in [1.29, 1.82) is 0 Å². The zero-order chi connectivity index (χ0) is 44.0. The van der Waals surface area contributed by atoms with E-state index < -0.39 is 29.8 Å². The third-order valence-electron chi connectivity index (χ3n) is 11.6. The Morgan fingerprint density at radius 1 is 0.667 bits per heavy atom. The van der Waals surface area contributed by atoms with Crippen LogP contribution in [0.3, 0.4) is 0 Å². The smallest absolute Gasteiger partial charge is 0.327 e. The fourth-order valence-corrected chi connectivity index (χ4v) is 8.56. The predicted molar refractivity (Wildman–Crippen MR) is 243 cm³/mol. The molecule has 1 saturated carbocycles. The Morgan fingerprint density at radius 3 is 1.62 bits per heavy atom. The van der Waals surface area contributed by atoms with E-state index in [1.165, 1.54) is 12.6 Å². The molecule has 0 aliphatic heterocycles. The third-order valence-corrected chi connectivity index (χ3v) is 12.0. The molecular formula is C49H43Cl2N5O7. The summed E-state index contributed by atoms with van der Waals surface area (Å²) < 4.78 is 11.8. The number of nitrogens with zero attached hydrogens (tertiary/aromatic N) is 3. The molecule has 2 heterocycles. The summed E-state index contributed by atoms with van der Waals surface area (Å²) in [5.41, 5.74) is 6.33. The molecule has 7 aromatic rings. The average molecular weight is 885 g/mol. The molecule has 5 aromatic carbocycles. The molecule has 8 rings (SSSR count). The highest BCUT2D eigenvalue weighted by Gasteiger charge is 2.40. The second kappa shape index (κ2) is 19.0. The Bertz CT molecular complexity index is 2710. The van der Waals surface area contributed by atoms with Gasteiger partial charge >= 0.3 is 11.9 Å². The number of likely N-dealkylation sites (N-methyl/N-ethyl adjacent to an activating group) is 1. The number of aromatic nitrogens is 2. The second-order valence-electron chi connectivity index (χ2n) is 15.7. The maximum atomic E-state index is 13.6. The molecule has 0 spiro atoms. The molecule has 2 atom stereocenters. The number of oxazole rings is 2. The molecule has 4 N–H and O–H groups in total. The summed E-state index contributed by atoms with van der Waals surface area (Å²) in [6.07, 6.45) is 6.75. The Hall–Kier alpha value is -6.89. The first-order chi connectivity index (χ1) is 30.5. The number of amides is 1. The summed E-state index contributed by atoms with van der Waals surface area (Å²) in [6, 6.07) is 36.1. The summed E-state index contributed by atoms with van der Waals surface area (Å²) in [5.74, 6) is -3.05. The van der Waals surface area contributed by atoms with Crippen molar-refractivity contribution in [3.63, 3.8) is 0 Å². The van der Waals surface area contributed by atoms with Crippen molar-refractivity contribution in [3.8, 4) is 33.8 Å². The van der Waals surface area contributed by atoms with Crippen molar-refractivity contribution < 1.29 is 33.4 Å². The van der Waals surface area contributed by atoms with Gasteiger partial charge in [0.2, 0.25) is 5.91 Å². The zero-order valence-corrected chi connectivity index (χ0v) is 35.6. The van der Waals surface area contributed by atoms with Crippen LogP contribution in [0.5, 0.6) is 0 Å². The van der Waals surface area contributed by atoms with Gasteiger partial charge in [-0.05, 0) is 96.2 Å². The maximum Gasteiger partial charge on any atom is 0.327 e. The number of rotatable bonds is 15. The monoisotopic (exact) mass is 883 g/mol. The van der Waals surface area contributed by atoms with E-state index in [0.717, 1.165) is 64.2 Å². The number of halogens is 2. The Balaban J connectivity index is 0.853. The minimum absolute atomic E-state index is 0.0511. The fraction of sp³-hybridized carbons (Fsp3) is 0.204. The van der Waals surface area contributed by atoms with Gasteiger partial charge in [0.25, 0.3) is 12.0 Å². The summed E-state index contributed by atoms with van der Waals surface area (Å²) >= 11 is 12.2. The third kappa shape index (κ3) is 10.3. The van der Waals surface area contributed by atoms with Crippen LogP contribution in [0.25, 0.3) is 33.8 Å². The van der Waals surface area contributed by atoms with Gasteiger partial charge in [-0.2, -0.15) is 0 Å². The van der Waals surface area contributed by atoms with Gasteiger partial charge in [0, 0.05) is 46.0 Å². The van der Waals surface area contributed by atoms with E-state index in [1.807, 2.05) is 60.7 Å². The van der Waals surface area contributed by atoms with Crippen molar-refractivity contribution >= 4 is 64.5 Å². The first-order valence-corrected chi connectivity index (χ1v) is 21.2. The molecule has 2 aromatic heterocycles. The molecule has 1 fully saturated rings. The Morgan fingerprint density at radius 2 is 1.14 bits per heavy atom. The average Bonchev–Trinajstić information content (AvgIpc) is 3.96. The SMILES string of the molecule is CN(C(=O)CC1CCC(c2ccc(-c3cnc(Nc4cccc(Cl)c4)o3)cc2)CC1)C(C(=O)O)C(C(=O)O)c1ccc(-c2ccc(-c3cnc(Nc4cccc(Cl)c4)o3)cc2)cc1. The number of anilines is 4. The van der Waals surface area contributed by atoms with Gasteiger partial charge in [0.1, 0.15) is 12.0 Å². The summed E-state index contributed by atoms with van der Waals surface area (Å²) in [6.45, 7) is 0. The topological polar surface area (TPSA) is 171 Å². The number of carbonyl (C=O) groups is 3. The number of carboxylic acid groups (broad SMARTS) is 2. The van der Waals surface area contributed by atoms with E-state index in [4.69, 9.17) is 32.0 Å². The normalized spacial score (nSPS) is 15.9. The fourth-order valence-electron chi connectivity index (χ4n) is 8.18. The summed E-state index contributed by atoms with van der Waals surface area (Å²) in [4.78, 5) is 48.8. The lowest BCUT2D eigenvalue weighted by atomic mass is 9.77. The van der Waals surface area contributed by atoms with E-state index in [2.05, 4.69) is 32.7 Å². The van der Waals surface area contributed by atoms with E-state index in [1.54, 1.807) is 60.9 Å². The van der Waals surface area contributed by atoms with Gasteiger partial charge < -0.3 is 34.6 Å². The Kier molecular flexibility index (Phi) is 12.9. The number of nitrogens with one attached hydrogen (secondary N) is 2. The predicted octanol–water partition coefficient (Wildman–Crippen LogP) is 11.9. The molecule has 63 heavy (non-hydrogen) atoms. The van der Waals surface area contributed by atoms with Crippen LogP contribution in [0.15, 0.2) is 143 Å². The highest BCUT2D eigenvalue weighted by Crippen LogP contribution is 2.39. The van der Waals surface area contributed by atoms with Crippen LogP contribution >= 0.6 is 23.2 Å². The van der Waals surface area contributed by atoms with Crippen molar-refractivity contribution in [1.82, 2.24) is 14.9 Å². The molecule has 1 aliphatic carbocycles. The number of hydrogen-bond acceptors (Lipinski definition) is 9. The van der Waals surface area contributed by atoms with E-state index in [-0.39, 0.29) is 17.9 Å². The van der Waals surface area contributed by atoms with Gasteiger partial charge in [0.15, 0.2) is 11.5 Å². The number of carboxylic acids is 2. The zero-order valence-electron chi connectivity index (χ0n) is 34.1. The highest BCUT2D eigenvalue weighted by atomic mass is 35.5. The van der Waals surface area contributed by atoms with Crippen LogP contribution in [-0.4, -0.2) is 56.0 Å². The number of hydrogen-bond donors (Lipinski definition) is 4. The van der Waals surface area contributed by atoms with Gasteiger partial charge in [-0.3, -0.25) is 9.59 Å². The van der Waals surface area contributed by atoms with Crippen molar-refractivity contribution in [2.75, 3.05) is 17.7 Å². The van der Waals surface area contributed by atoms with Crippen LogP contribution in [0, 0.1) is 5.92 Å². The highest BCUT2D eigenvalue weighted by molar-refractivity contribution is 6.31.